The van der Waals surface area contributed by atoms with E-state index >= 15 is 0 Å². The molecule has 1 amide bonds. The zero-order valence-electron chi connectivity index (χ0n) is 17.6. The van der Waals surface area contributed by atoms with Crippen LogP contribution in [-0.2, 0) is 10.0 Å². The predicted octanol–water partition coefficient (Wildman–Crippen LogP) is 4.54. The summed E-state index contributed by atoms with van der Waals surface area (Å²) < 4.78 is 29.6. The Morgan fingerprint density at radius 2 is 1.59 bits per heavy atom. The Hall–Kier alpha value is -3.91. The number of aryl methyl sites for hydroxylation is 2. The molecule has 32 heavy (non-hydrogen) atoms. The summed E-state index contributed by atoms with van der Waals surface area (Å²) >= 11 is 0. The molecule has 0 saturated carbocycles. The minimum atomic E-state index is -3.77. The van der Waals surface area contributed by atoms with Crippen LogP contribution in [0.1, 0.15) is 21.5 Å². The molecule has 7 nitrogen and oxygen atoms in total. The number of para-hydroxylation sites is 1. The standard InChI is InChI=1S/C24H22N4O3S/c1-17-8-11-20(16-18(17)2)27-32(30,31)22-12-9-19(10-13-22)24(29)25-23-14-15-28(26-23)21-6-4-3-5-7-21/h3-16,27H,1-2H3,(H,25,26,29). The Labute approximate surface area is 186 Å². The number of rotatable bonds is 6. The molecule has 0 fully saturated rings. The summed E-state index contributed by atoms with van der Waals surface area (Å²) in [6, 6.07) is 22.3. The average molecular weight is 447 g/mol. The molecule has 8 heteroatoms. The van der Waals surface area contributed by atoms with E-state index in [1.807, 2.05) is 50.2 Å². The lowest BCUT2D eigenvalue weighted by Gasteiger charge is -2.10. The number of hydrogen-bond acceptors (Lipinski definition) is 4. The van der Waals surface area contributed by atoms with Crippen LogP contribution in [0.3, 0.4) is 0 Å². The lowest BCUT2D eigenvalue weighted by atomic mass is 10.1. The summed E-state index contributed by atoms with van der Waals surface area (Å²) in [6.07, 6.45) is 1.75. The molecule has 0 aliphatic rings. The maximum Gasteiger partial charge on any atom is 0.261 e. The van der Waals surface area contributed by atoms with E-state index in [0.29, 0.717) is 17.1 Å². The predicted molar refractivity (Wildman–Crippen MR) is 125 cm³/mol. The molecule has 0 saturated heterocycles. The molecule has 2 N–H and O–H groups in total. The highest BCUT2D eigenvalue weighted by Gasteiger charge is 2.16. The Kier molecular flexibility index (Phi) is 5.79. The first kappa shape index (κ1) is 21.3. The third-order valence-electron chi connectivity index (χ3n) is 5.04. The Balaban J connectivity index is 1.45. The van der Waals surface area contributed by atoms with Gasteiger partial charge < -0.3 is 5.32 Å². The molecule has 162 valence electrons. The molecule has 0 bridgehead atoms. The van der Waals surface area contributed by atoms with Gasteiger partial charge in [0.05, 0.1) is 10.6 Å². The second-order valence-electron chi connectivity index (χ2n) is 7.36. The highest BCUT2D eigenvalue weighted by molar-refractivity contribution is 7.92. The number of anilines is 2. The highest BCUT2D eigenvalue weighted by atomic mass is 32.2. The molecular weight excluding hydrogens is 424 g/mol. The molecule has 4 aromatic rings. The number of sulfonamides is 1. The summed E-state index contributed by atoms with van der Waals surface area (Å²) in [5, 5.41) is 7.06. The van der Waals surface area contributed by atoms with Gasteiger partial charge in [-0.25, -0.2) is 13.1 Å². The third kappa shape index (κ3) is 4.70. The fraction of sp³-hybridized carbons (Fsp3) is 0.0833. The maximum atomic E-state index is 12.7. The monoisotopic (exact) mass is 446 g/mol. The van der Waals surface area contributed by atoms with Crippen molar-refractivity contribution in [2.24, 2.45) is 0 Å². The van der Waals surface area contributed by atoms with E-state index in [-0.39, 0.29) is 10.8 Å². The molecule has 4 rings (SSSR count). The normalized spacial score (nSPS) is 11.2. The summed E-state index contributed by atoms with van der Waals surface area (Å²) in [5.41, 5.74) is 3.76. The van der Waals surface area contributed by atoms with Crippen LogP contribution in [0.25, 0.3) is 5.69 Å². The first-order valence-electron chi connectivity index (χ1n) is 9.94. The van der Waals surface area contributed by atoms with Gasteiger partial charge in [-0.3, -0.25) is 9.52 Å². The van der Waals surface area contributed by atoms with Gasteiger partial charge in [0.2, 0.25) is 0 Å². The van der Waals surface area contributed by atoms with Crippen molar-refractivity contribution < 1.29 is 13.2 Å². The van der Waals surface area contributed by atoms with E-state index in [1.54, 1.807) is 29.1 Å². The Morgan fingerprint density at radius 1 is 0.875 bits per heavy atom. The van der Waals surface area contributed by atoms with Gasteiger partial charge in [0.15, 0.2) is 5.82 Å². The molecule has 0 aliphatic heterocycles. The van der Waals surface area contributed by atoms with Crippen LogP contribution >= 0.6 is 0 Å². The van der Waals surface area contributed by atoms with Gasteiger partial charge in [-0.05, 0) is 73.5 Å². The molecular formula is C24H22N4O3S. The van der Waals surface area contributed by atoms with Crippen LogP contribution in [0.15, 0.2) is 90.0 Å². The SMILES string of the molecule is Cc1ccc(NS(=O)(=O)c2ccc(C(=O)Nc3ccn(-c4ccccc4)n3)cc2)cc1C. The zero-order chi connectivity index (χ0) is 22.7. The van der Waals surface area contributed by atoms with Crippen LogP contribution in [0.4, 0.5) is 11.5 Å². The van der Waals surface area contributed by atoms with E-state index in [9.17, 15) is 13.2 Å². The summed E-state index contributed by atoms with van der Waals surface area (Å²) in [7, 11) is -3.77. The largest absolute Gasteiger partial charge is 0.305 e. The van der Waals surface area contributed by atoms with Crippen molar-refractivity contribution in [3.63, 3.8) is 0 Å². The van der Waals surface area contributed by atoms with Crippen molar-refractivity contribution in [1.29, 1.82) is 0 Å². The van der Waals surface area contributed by atoms with Gasteiger partial charge in [-0.15, -0.1) is 0 Å². The highest BCUT2D eigenvalue weighted by Crippen LogP contribution is 2.20. The quantitative estimate of drug-likeness (QED) is 0.455. The average Bonchev–Trinajstić information content (AvgIpc) is 3.25. The summed E-state index contributed by atoms with van der Waals surface area (Å²) in [4.78, 5) is 12.6. The van der Waals surface area contributed by atoms with Crippen molar-refractivity contribution in [1.82, 2.24) is 9.78 Å². The Bertz CT molecular complexity index is 1360. The fourth-order valence-electron chi connectivity index (χ4n) is 3.11. The molecule has 3 aromatic carbocycles. The third-order valence-corrected chi connectivity index (χ3v) is 6.43. The van der Waals surface area contributed by atoms with Crippen molar-refractivity contribution in [2.45, 2.75) is 18.7 Å². The molecule has 0 atom stereocenters. The van der Waals surface area contributed by atoms with Crippen molar-refractivity contribution in [3.8, 4) is 5.69 Å². The summed E-state index contributed by atoms with van der Waals surface area (Å²) in [6.45, 7) is 3.88. The minimum Gasteiger partial charge on any atom is -0.305 e. The number of nitrogens with one attached hydrogen (secondary N) is 2. The smallest absolute Gasteiger partial charge is 0.261 e. The van der Waals surface area contributed by atoms with Crippen molar-refractivity contribution in [2.75, 3.05) is 10.0 Å². The van der Waals surface area contributed by atoms with Gasteiger partial charge in [-0.1, -0.05) is 24.3 Å². The number of nitrogens with zero attached hydrogens (tertiary/aromatic N) is 2. The number of hydrogen-bond donors (Lipinski definition) is 2. The second kappa shape index (κ2) is 8.68. The van der Waals surface area contributed by atoms with Crippen LogP contribution in [0.2, 0.25) is 0 Å². The van der Waals surface area contributed by atoms with Crippen LogP contribution in [0.5, 0.6) is 0 Å². The zero-order valence-corrected chi connectivity index (χ0v) is 18.4. The number of benzene rings is 3. The number of amides is 1. The number of carbonyl (C=O) groups is 1. The minimum absolute atomic E-state index is 0.0700. The van der Waals surface area contributed by atoms with E-state index < -0.39 is 10.0 Å². The van der Waals surface area contributed by atoms with Crippen LogP contribution in [0, 0.1) is 13.8 Å². The van der Waals surface area contributed by atoms with Gasteiger partial charge in [0.25, 0.3) is 15.9 Å². The van der Waals surface area contributed by atoms with Crippen LogP contribution < -0.4 is 10.0 Å². The van der Waals surface area contributed by atoms with E-state index in [2.05, 4.69) is 15.1 Å². The molecule has 1 aromatic heterocycles. The molecule has 0 radical (unpaired) electrons. The van der Waals surface area contributed by atoms with Gasteiger partial charge in [0, 0.05) is 23.5 Å². The van der Waals surface area contributed by atoms with Gasteiger partial charge in [-0.2, -0.15) is 5.10 Å². The van der Waals surface area contributed by atoms with Crippen molar-refractivity contribution in [3.05, 3.63) is 102 Å². The summed E-state index contributed by atoms with van der Waals surface area (Å²) in [5.74, 6) is 0.0151. The van der Waals surface area contributed by atoms with Gasteiger partial charge >= 0.3 is 0 Å². The van der Waals surface area contributed by atoms with E-state index in [1.165, 1.54) is 24.3 Å². The first-order valence-corrected chi connectivity index (χ1v) is 11.4. The lowest BCUT2D eigenvalue weighted by Crippen LogP contribution is -2.15. The lowest BCUT2D eigenvalue weighted by molar-refractivity contribution is 0.102. The van der Waals surface area contributed by atoms with Crippen LogP contribution in [-0.4, -0.2) is 24.1 Å². The molecule has 0 aliphatic carbocycles. The molecule has 1 heterocycles. The second-order valence-corrected chi connectivity index (χ2v) is 9.05. The maximum absolute atomic E-state index is 12.7. The number of carbonyl (C=O) groups excluding carboxylic acids is 1. The first-order chi connectivity index (χ1) is 15.3. The topological polar surface area (TPSA) is 93.1 Å². The number of aromatic nitrogens is 2. The van der Waals surface area contributed by atoms with E-state index in [0.717, 1.165) is 16.8 Å². The molecule has 0 spiro atoms. The van der Waals surface area contributed by atoms with Crippen molar-refractivity contribution >= 4 is 27.4 Å². The Morgan fingerprint density at radius 3 is 2.28 bits per heavy atom. The van der Waals surface area contributed by atoms with Gasteiger partial charge in [0.1, 0.15) is 0 Å². The fourth-order valence-corrected chi connectivity index (χ4v) is 4.16. The molecule has 0 unspecified atom stereocenters. The van der Waals surface area contributed by atoms with E-state index in [4.69, 9.17) is 0 Å².